The van der Waals surface area contributed by atoms with Crippen LogP contribution in [0.4, 0.5) is 0 Å². The van der Waals surface area contributed by atoms with Gasteiger partial charge in [0.2, 0.25) is 0 Å². The average molecular weight is 289 g/mol. The van der Waals surface area contributed by atoms with E-state index in [1.165, 1.54) is 11.1 Å². The number of hydrogen-bond acceptors (Lipinski definition) is 4. The molecule has 21 heavy (non-hydrogen) atoms. The quantitative estimate of drug-likeness (QED) is 0.850. The van der Waals surface area contributed by atoms with Crippen molar-refractivity contribution in [3.63, 3.8) is 0 Å². The number of hydrogen-bond donors (Lipinski definition) is 1. The monoisotopic (exact) mass is 289 g/mol. The minimum atomic E-state index is 0.627. The molecule has 1 aromatic carbocycles. The summed E-state index contributed by atoms with van der Waals surface area (Å²) in [5, 5.41) is 7.77. The normalized spacial score (nSPS) is 10.7. The van der Waals surface area contributed by atoms with E-state index in [0.29, 0.717) is 6.61 Å². The molecule has 0 aliphatic heterocycles. The average Bonchev–Trinajstić information content (AvgIpc) is 2.78. The third-order valence-corrected chi connectivity index (χ3v) is 3.29. The molecule has 1 heterocycles. The molecule has 5 nitrogen and oxygen atoms in total. The van der Waals surface area contributed by atoms with Crippen LogP contribution in [-0.2, 0) is 20.1 Å². The first kappa shape index (κ1) is 15.4. The lowest BCUT2D eigenvalue weighted by atomic mass is 10.2. The van der Waals surface area contributed by atoms with Gasteiger partial charge in [-0.2, -0.15) is 5.10 Å². The van der Waals surface area contributed by atoms with Crippen LogP contribution in [0.25, 0.3) is 0 Å². The molecule has 0 bridgehead atoms. The summed E-state index contributed by atoms with van der Waals surface area (Å²) in [7, 11) is 3.59. The molecule has 1 aromatic heterocycles. The number of methoxy groups -OCH3 is 1. The SMILES string of the molecule is CCOc1cc(CNCc2cn(C)nc2C)ccc1OC. The van der Waals surface area contributed by atoms with Gasteiger partial charge in [-0.25, -0.2) is 0 Å². The van der Waals surface area contributed by atoms with Gasteiger partial charge in [-0.15, -0.1) is 0 Å². The summed E-state index contributed by atoms with van der Waals surface area (Å²) in [5.74, 6) is 1.56. The van der Waals surface area contributed by atoms with E-state index >= 15 is 0 Å². The summed E-state index contributed by atoms with van der Waals surface area (Å²) in [6.07, 6.45) is 2.04. The highest BCUT2D eigenvalue weighted by Crippen LogP contribution is 2.28. The van der Waals surface area contributed by atoms with Crippen molar-refractivity contribution in [1.82, 2.24) is 15.1 Å². The van der Waals surface area contributed by atoms with Gasteiger partial charge in [-0.05, 0) is 31.5 Å². The first-order chi connectivity index (χ1) is 10.1. The standard InChI is InChI=1S/C16H23N3O2/c1-5-21-16-8-13(6-7-15(16)20-4)9-17-10-14-11-19(3)18-12(14)2/h6-8,11,17H,5,9-10H2,1-4H3. The summed E-state index contributed by atoms with van der Waals surface area (Å²) in [4.78, 5) is 0. The third kappa shape index (κ3) is 3.98. The van der Waals surface area contributed by atoms with Crippen LogP contribution in [-0.4, -0.2) is 23.5 Å². The van der Waals surface area contributed by atoms with Gasteiger partial charge in [0.15, 0.2) is 11.5 Å². The minimum absolute atomic E-state index is 0.627. The fraction of sp³-hybridized carbons (Fsp3) is 0.438. The molecular weight excluding hydrogens is 266 g/mol. The summed E-state index contributed by atoms with van der Waals surface area (Å²) in [6, 6.07) is 6.01. The van der Waals surface area contributed by atoms with Crippen molar-refractivity contribution in [3.8, 4) is 11.5 Å². The van der Waals surface area contributed by atoms with Crippen LogP contribution in [0.2, 0.25) is 0 Å². The number of ether oxygens (including phenoxy) is 2. The molecule has 0 amide bonds. The van der Waals surface area contributed by atoms with E-state index in [9.17, 15) is 0 Å². The molecule has 2 aromatic rings. The molecule has 0 aliphatic rings. The molecule has 0 saturated heterocycles. The number of benzene rings is 1. The Bertz CT molecular complexity index is 593. The van der Waals surface area contributed by atoms with E-state index in [2.05, 4.69) is 10.4 Å². The molecule has 0 fully saturated rings. The Kier molecular flexibility index (Phi) is 5.22. The molecule has 0 radical (unpaired) electrons. The lowest BCUT2D eigenvalue weighted by molar-refractivity contribution is 0.310. The molecule has 0 unspecified atom stereocenters. The summed E-state index contributed by atoms with van der Waals surface area (Å²) >= 11 is 0. The zero-order chi connectivity index (χ0) is 15.2. The van der Waals surface area contributed by atoms with Crippen LogP contribution >= 0.6 is 0 Å². The number of aromatic nitrogens is 2. The zero-order valence-electron chi connectivity index (χ0n) is 13.1. The van der Waals surface area contributed by atoms with Gasteiger partial charge in [-0.1, -0.05) is 6.07 Å². The van der Waals surface area contributed by atoms with E-state index in [4.69, 9.17) is 9.47 Å². The Labute approximate surface area is 125 Å². The van der Waals surface area contributed by atoms with E-state index in [-0.39, 0.29) is 0 Å². The maximum absolute atomic E-state index is 5.59. The molecule has 0 aliphatic carbocycles. The molecule has 0 saturated carbocycles. The largest absolute Gasteiger partial charge is 0.493 e. The van der Waals surface area contributed by atoms with Crippen molar-refractivity contribution >= 4 is 0 Å². The van der Waals surface area contributed by atoms with Gasteiger partial charge >= 0.3 is 0 Å². The Morgan fingerprint density at radius 3 is 2.67 bits per heavy atom. The number of nitrogens with one attached hydrogen (secondary N) is 1. The zero-order valence-corrected chi connectivity index (χ0v) is 13.1. The highest BCUT2D eigenvalue weighted by molar-refractivity contribution is 5.42. The van der Waals surface area contributed by atoms with Crippen molar-refractivity contribution in [1.29, 1.82) is 0 Å². The molecule has 5 heteroatoms. The van der Waals surface area contributed by atoms with Crippen molar-refractivity contribution in [2.75, 3.05) is 13.7 Å². The first-order valence-electron chi connectivity index (χ1n) is 7.13. The summed E-state index contributed by atoms with van der Waals surface area (Å²) in [5.41, 5.74) is 3.45. The van der Waals surface area contributed by atoms with Crippen molar-refractivity contribution < 1.29 is 9.47 Å². The number of rotatable bonds is 7. The number of nitrogens with zero attached hydrogens (tertiary/aromatic N) is 2. The van der Waals surface area contributed by atoms with Crippen LogP contribution in [0.5, 0.6) is 11.5 Å². The van der Waals surface area contributed by atoms with E-state index < -0.39 is 0 Å². The van der Waals surface area contributed by atoms with Gasteiger partial charge in [0, 0.05) is 31.9 Å². The lowest BCUT2D eigenvalue weighted by Crippen LogP contribution is -2.13. The molecule has 1 N–H and O–H groups in total. The fourth-order valence-corrected chi connectivity index (χ4v) is 2.26. The minimum Gasteiger partial charge on any atom is -0.493 e. The molecule has 0 atom stereocenters. The maximum atomic E-state index is 5.59. The van der Waals surface area contributed by atoms with Gasteiger partial charge < -0.3 is 14.8 Å². The third-order valence-electron chi connectivity index (χ3n) is 3.29. The van der Waals surface area contributed by atoms with Crippen LogP contribution in [0.3, 0.4) is 0 Å². The van der Waals surface area contributed by atoms with E-state index in [1.54, 1.807) is 7.11 Å². The first-order valence-corrected chi connectivity index (χ1v) is 7.13. The molecule has 2 rings (SSSR count). The Morgan fingerprint density at radius 2 is 2.05 bits per heavy atom. The summed E-state index contributed by atoms with van der Waals surface area (Å²) in [6.45, 7) is 6.20. The highest BCUT2D eigenvalue weighted by Gasteiger charge is 2.06. The van der Waals surface area contributed by atoms with Crippen LogP contribution in [0.1, 0.15) is 23.7 Å². The van der Waals surface area contributed by atoms with E-state index in [0.717, 1.165) is 30.3 Å². The second-order valence-corrected chi connectivity index (χ2v) is 4.94. The Morgan fingerprint density at radius 1 is 1.24 bits per heavy atom. The Hall–Kier alpha value is -2.01. The second-order valence-electron chi connectivity index (χ2n) is 4.94. The second kappa shape index (κ2) is 7.13. The van der Waals surface area contributed by atoms with Crippen LogP contribution in [0, 0.1) is 6.92 Å². The molecule has 114 valence electrons. The smallest absolute Gasteiger partial charge is 0.161 e. The van der Waals surface area contributed by atoms with Gasteiger partial charge in [-0.3, -0.25) is 4.68 Å². The molecule has 0 spiro atoms. The van der Waals surface area contributed by atoms with E-state index in [1.807, 2.05) is 50.0 Å². The van der Waals surface area contributed by atoms with Crippen molar-refractivity contribution in [3.05, 3.63) is 41.2 Å². The summed E-state index contributed by atoms with van der Waals surface area (Å²) < 4.78 is 12.7. The highest BCUT2D eigenvalue weighted by atomic mass is 16.5. The van der Waals surface area contributed by atoms with Crippen LogP contribution in [0.15, 0.2) is 24.4 Å². The number of aryl methyl sites for hydroxylation is 2. The van der Waals surface area contributed by atoms with Gasteiger partial charge in [0.25, 0.3) is 0 Å². The topological polar surface area (TPSA) is 48.3 Å². The maximum Gasteiger partial charge on any atom is 0.161 e. The van der Waals surface area contributed by atoms with Gasteiger partial charge in [0.05, 0.1) is 19.4 Å². The molecular formula is C16H23N3O2. The lowest BCUT2D eigenvalue weighted by Gasteiger charge is -2.11. The van der Waals surface area contributed by atoms with Crippen LogP contribution < -0.4 is 14.8 Å². The Balaban J connectivity index is 1.96. The van der Waals surface area contributed by atoms with Gasteiger partial charge in [0.1, 0.15) is 0 Å². The predicted octanol–water partition coefficient (Wildman–Crippen LogP) is 2.43. The van der Waals surface area contributed by atoms with Crippen molar-refractivity contribution in [2.24, 2.45) is 7.05 Å². The fourth-order valence-electron chi connectivity index (χ4n) is 2.26. The van der Waals surface area contributed by atoms with Crippen molar-refractivity contribution in [2.45, 2.75) is 26.9 Å². The predicted molar refractivity (Wildman–Crippen MR) is 82.7 cm³/mol.